The average Bonchev–Trinajstić information content (AvgIpc) is 2.45. The molecule has 0 atom stereocenters. The van der Waals surface area contributed by atoms with Crippen LogP contribution in [0.15, 0.2) is 55.3 Å². The van der Waals surface area contributed by atoms with Gasteiger partial charge in [-0.2, -0.15) is 4.39 Å². The van der Waals surface area contributed by atoms with Crippen molar-refractivity contribution in [3.8, 4) is 5.75 Å². The van der Waals surface area contributed by atoms with E-state index >= 15 is 0 Å². The fourth-order valence-corrected chi connectivity index (χ4v) is 1.62. The van der Waals surface area contributed by atoms with Crippen molar-refractivity contribution in [3.05, 3.63) is 66.8 Å². The summed E-state index contributed by atoms with van der Waals surface area (Å²) in [4.78, 5) is 3.59. The maximum Gasteiger partial charge on any atom is 0.212 e. The van der Waals surface area contributed by atoms with Gasteiger partial charge in [0.05, 0.1) is 11.9 Å². The summed E-state index contributed by atoms with van der Waals surface area (Å²) < 4.78 is 18.2. The molecule has 0 unspecified atom stereocenters. The summed E-state index contributed by atoms with van der Waals surface area (Å²) in [5.41, 5.74) is 1.79. The molecule has 2 aromatic rings. The number of halogens is 1. The van der Waals surface area contributed by atoms with E-state index in [1.807, 2.05) is 24.3 Å². The molecule has 1 N–H and O–H groups in total. The zero-order chi connectivity index (χ0) is 13.5. The molecule has 0 spiro atoms. The number of benzene rings is 1. The second-order valence-corrected chi connectivity index (χ2v) is 3.93. The zero-order valence-electron chi connectivity index (χ0n) is 10.5. The molecule has 0 radical (unpaired) electrons. The van der Waals surface area contributed by atoms with E-state index in [4.69, 9.17) is 4.74 Å². The third-order valence-electron chi connectivity index (χ3n) is 2.54. The minimum atomic E-state index is -0.486. The Morgan fingerprint density at radius 1 is 1.26 bits per heavy atom. The summed E-state index contributed by atoms with van der Waals surface area (Å²) >= 11 is 0. The number of ether oxygens (including phenoxy) is 1. The Bertz CT molecular complexity index is 540. The molecule has 3 nitrogen and oxygen atoms in total. The van der Waals surface area contributed by atoms with Crippen molar-refractivity contribution in [2.45, 2.75) is 6.54 Å². The maximum absolute atomic E-state index is 12.7. The van der Waals surface area contributed by atoms with Crippen LogP contribution in [0.2, 0.25) is 0 Å². The summed E-state index contributed by atoms with van der Waals surface area (Å²) in [6.45, 7) is 4.67. The Morgan fingerprint density at radius 3 is 2.84 bits per heavy atom. The number of para-hydroxylation sites is 1. The molecule has 1 aromatic carbocycles. The molecule has 4 heteroatoms. The van der Waals surface area contributed by atoms with Crippen LogP contribution in [0.25, 0.3) is 0 Å². The van der Waals surface area contributed by atoms with Gasteiger partial charge in [-0.25, -0.2) is 4.98 Å². The number of pyridine rings is 1. The van der Waals surface area contributed by atoms with Crippen molar-refractivity contribution in [2.24, 2.45) is 0 Å². The lowest BCUT2D eigenvalue weighted by Gasteiger charge is -2.11. The average molecular weight is 258 g/mol. The third-order valence-corrected chi connectivity index (χ3v) is 2.54. The summed E-state index contributed by atoms with van der Waals surface area (Å²) in [6, 6.07) is 10.7. The first kappa shape index (κ1) is 13.1. The van der Waals surface area contributed by atoms with Gasteiger partial charge in [-0.15, -0.1) is 0 Å². The minimum Gasteiger partial charge on any atom is -0.489 e. The maximum atomic E-state index is 12.7. The topological polar surface area (TPSA) is 34.1 Å². The lowest BCUT2D eigenvalue weighted by Crippen LogP contribution is -2.03. The van der Waals surface area contributed by atoms with E-state index in [0.29, 0.717) is 13.2 Å². The number of anilines is 1. The molecule has 0 aliphatic heterocycles. The van der Waals surface area contributed by atoms with Crippen LogP contribution >= 0.6 is 0 Å². The Labute approximate surface area is 111 Å². The molecule has 98 valence electrons. The number of hydrogen-bond acceptors (Lipinski definition) is 3. The fourth-order valence-electron chi connectivity index (χ4n) is 1.62. The molecule has 0 amide bonds. The predicted octanol–water partition coefficient (Wildman–Crippen LogP) is 3.40. The van der Waals surface area contributed by atoms with Crippen LogP contribution in [0.5, 0.6) is 5.75 Å². The number of rotatable bonds is 6. The van der Waals surface area contributed by atoms with Gasteiger partial charge in [-0.05, 0) is 18.2 Å². The number of hydrogen-bond donors (Lipinski definition) is 1. The molecule has 0 fully saturated rings. The van der Waals surface area contributed by atoms with Gasteiger partial charge in [0.15, 0.2) is 0 Å². The van der Waals surface area contributed by atoms with Crippen molar-refractivity contribution < 1.29 is 9.13 Å². The van der Waals surface area contributed by atoms with Gasteiger partial charge in [-0.1, -0.05) is 30.9 Å². The predicted molar refractivity (Wildman–Crippen MR) is 73.7 cm³/mol. The second kappa shape index (κ2) is 6.54. The van der Waals surface area contributed by atoms with Crippen molar-refractivity contribution >= 4 is 5.69 Å². The Kier molecular flexibility index (Phi) is 4.50. The van der Waals surface area contributed by atoms with Crippen LogP contribution in [0, 0.1) is 5.95 Å². The molecular formula is C15H15FN2O. The SMILES string of the molecule is C=CCOc1ccccc1CNc1ccc(F)nc1. The molecule has 0 saturated heterocycles. The zero-order valence-corrected chi connectivity index (χ0v) is 10.5. The van der Waals surface area contributed by atoms with Gasteiger partial charge in [0.25, 0.3) is 0 Å². The smallest absolute Gasteiger partial charge is 0.212 e. The van der Waals surface area contributed by atoms with Gasteiger partial charge in [0.2, 0.25) is 5.95 Å². The van der Waals surface area contributed by atoms with Gasteiger partial charge in [-0.3, -0.25) is 0 Å². The van der Waals surface area contributed by atoms with Crippen LogP contribution in [0.1, 0.15) is 5.56 Å². The molecule has 0 aliphatic rings. The Morgan fingerprint density at radius 2 is 2.11 bits per heavy atom. The number of aromatic nitrogens is 1. The summed E-state index contributed by atoms with van der Waals surface area (Å²) in [6.07, 6.45) is 3.16. The molecular weight excluding hydrogens is 243 g/mol. The highest BCUT2D eigenvalue weighted by Gasteiger charge is 2.02. The van der Waals surface area contributed by atoms with Gasteiger partial charge < -0.3 is 10.1 Å². The minimum absolute atomic E-state index is 0.467. The lowest BCUT2D eigenvalue weighted by molar-refractivity contribution is 0.359. The summed E-state index contributed by atoms with van der Waals surface area (Å²) in [7, 11) is 0. The molecule has 1 heterocycles. The quantitative estimate of drug-likeness (QED) is 0.637. The van der Waals surface area contributed by atoms with E-state index in [1.165, 1.54) is 12.3 Å². The van der Waals surface area contributed by atoms with Crippen LogP contribution in [0.4, 0.5) is 10.1 Å². The number of nitrogens with zero attached hydrogens (tertiary/aromatic N) is 1. The van der Waals surface area contributed by atoms with Gasteiger partial charge in [0, 0.05) is 12.1 Å². The molecule has 19 heavy (non-hydrogen) atoms. The highest BCUT2D eigenvalue weighted by atomic mass is 19.1. The van der Waals surface area contributed by atoms with E-state index in [1.54, 1.807) is 12.1 Å². The highest BCUT2D eigenvalue weighted by Crippen LogP contribution is 2.19. The normalized spacial score (nSPS) is 9.95. The van der Waals surface area contributed by atoms with Crippen LogP contribution < -0.4 is 10.1 Å². The fraction of sp³-hybridized carbons (Fsp3) is 0.133. The van der Waals surface area contributed by atoms with Gasteiger partial charge >= 0.3 is 0 Å². The van der Waals surface area contributed by atoms with Crippen LogP contribution in [-0.2, 0) is 6.54 Å². The Balaban J connectivity index is 2.02. The summed E-state index contributed by atoms with van der Waals surface area (Å²) in [5.74, 6) is 0.324. The third kappa shape index (κ3) is 3.81. The summed E-state index contributed by atoms with van der Waals surface area (Å²) in [5, 5.41) is 3.17. The van der Waals surface area contributed by atoms with E-state index in [9.17, 15) is 4.39 Å². The molecule has 1 aromatic heterocycles. The first-order valence-electron chi connectivity index (χ1n) is 5.96. The second-order valence-electron chi connectivity index (χ2n) is 3.93. The van der Waals surface area contributed by atoms with Crippen LogP contribution in [0.3, 0.4) is 0 Å². The molecule has 0 saturated carbocycles. The largest absolute Gasteiger partial charge is 0.489 e. The lowest BCUT2D eigenvalue weighted by atomic mass is 10.2. The van der Waals surface area contributed by atoms with E-state index < -0.39 is 5.95 Å². The number of nitrogens with one attached hydrogen (secondary N) is 1. The molecule has 0 bridgehead atoms. The van der Waals surface area contributed by atoms with Crippen molar-refractivity contribution in [2.75, 3.05) is 11.9 Å². The van der Waals surface area contributed by atoms with E-state index in [0.717, 1.165) is 17.0 Å². The first-order valence-corrected chi connectivity index (χ1v) is 5.96. The van der Waals surface area contributed by atoms with E-state index in [-0.39, 0.29) is 0 Å². The molecule has 2 rings (SSSR count). The monoisotopic (exact) mass is 258 g/mol. The standard InChI is InChI=1S/C15H15FN2O/c1-2-9-19-14-6-4-3-5-12(14)10-17-13-7-8-15(16)18-11-13/h2-8,11,17H,1,9-10H2. The van der Waals surface area contributed by atoms with Gasteiger partial charge in [0.1, 0.15) is 12.4 Å². The van der Waals surface area contributed by atoms with Crippen molar-refractivity contribution in [1.82, 2.24) is 4.98 Å². The van der Waals surface area contributed by atoms with E-state index in [2.05, 4.69) is 16.9 Å². The first-order chi connectivity index (χ1) is 9.29. The highest BCUT2D eigenvalue weighted by molar-refractivity contribution is 5.43. The van der Waals surface area contributed by atoms with Crippen LogP contribution in [-0.4, -0.2) is 11.6 Å². The van der Waals surface area contributed by atoms with Crippen molar-refractivity contribution in [1.29, 1.82) is 0 Å². The molecule has 0 aliphatic carbocycles. The van der Waals surface area contributed by atoms with Crippen molar-refractivity contribution in [3.63, 3.8) is 0 Å². The Hall–Kier alpha value is -2.36.